The fourth-order valence-electron chi connectivity index (χ4n) is 3.16. The molecule has 1 amide bonds. The molecule has 20 heavy (non-hydrogen) atoms. The Labute approximate surface area is 123 Å². The van der Waals surface area contributed by atoms with Crippen molar-refractivity contribution in [1.29, 1.82) is 0 Å². The van der Waals surface area contributed by atoms with Crippen molar-refractivity contribution in [2.24, 2.45) is 0 Å². The van der Waals surface area contributed by atoms with E-state index in [-0.39, 0.29) is 5.54 Å². The first-order chi connectivity index (χ1) is 9.76. The van der Waals surface area contributed by atoms with Crippen LogP contribution in [0.5, 0.6) is 0 Å². The summed E-state index contributed by atoms with van der Waals surface area (Å²) in [5.41, 5.74) is 1.98. The lowest BCUT2D eigenvalue weighted by atomic mass is 9.87. The van der Waals surface area contributed by atoms with Gasteiger partial charge in [0.15, 0.2) is 5.13 Å². The van der Waals surface area contributed by atoms with Crippen molar-refractivity contribution < 1.29 is 4.79 Å². The molecule has 0 bridgehead atoms. The fraction of sp³-hybridized carbons (Fsp3) is 0.375. The Hall–Kier alpha value is -1.68. The maximum absolute atomic E-state index is 11.8. The second kappa shape index (κ2) is 5.37. The van der Waals surface area contributed by atoms with Gasteiger partial charge in [0.25, 0.3) is 0 Å². The zero-order valence-electron chi connectivity index (χ0n) is 11.6. The van der Waals surface area contributed by atoms with Gasteiger partial charge in [-0.15, -0.1) is 11.3 Å². The van der Waals surface area contributed by atoms with E-state index in [0.717, 1.165) is 42.9 Å². The first-order valence-corrected chi connectivity index (χ1v) is 7.86. The van der Waals surface area contributed by atoms with E-state index in [9.17, 15) is 4.79 Å². The molecule has 1 aromatic carbocycles. The topological polar surface area (TPSA) is 33.2 Å². The summed E-state index contributed by atoms with van der Waals surface area (Å²) in [6.45, 7) is 1.97. The van der Waals surface area contributed by atoms with Crippen molar-refractivity contribution in [3.05, 3.63) is 47.0 Å². The molecule has 1 aliphatic carbocycles. The molecule has 3 rings (SSSR count). The minimum Gasteiger partial charge on any atom is -0.280 e. The zero-order chi connectivity index (χ0) is 14.0. The Bertz CT molecular complexity index is 588. The Kier molecular flexibility index (Phi) is 3.57. The summed E-state index contributed by atoms with van der Waals surface area (Å²) < 4.78 is 0. The summed E-state index contributed by atoms with van der Waals surface area (Å²) in [7, 11) is 0. The number of benzene rings is 1. The first kappa shape index (κ1) is 13.3. The summed E-state index contributed by atoms with van der Waals surface area (Å²) >= 11 is 1.55. The predicted molar refractivity (Wildman–Crippen MR) is 82.0 cm³/mol. The Morgan fingerprint density at radius 1 is 1.25 bits per heavy atom. The van der Waals surface area contributed by atoms with Gasteiger partial charge in [0.2, 0.25) is 6.41 Å². The van der Waals surface area contributed by atoms with Gasteiger partial charge < -0.3 is 0 Å². The van der Waals surface area contributed by atoms with E-state index in [1.807, 2.05) is 35.4 Å². The molecule has 0 spiro atoms. The number of hydrogen-bond acceptors (Lipinski definition) is 3. The Morgan fingerprint density at radius 2 is 1.95 bits per heavy atom. The number of carbonyl (C=O) groups excluding carboxylic acids is 1. The molecule has 0 saturated heterocycles. The van der Waals surface area contributed by atoms with Gasteiger partial charge in [-0.1, -0.05) is 43.2 Å². The summed E-state index contributed by atoms with van der Waals surface area (Å²) in [6, 6.07) is 10.4. The van der Waals surface area contributed by atoms with Crippen molar-refractivity contribution in [3.63, 3.8) is 0 Å². The van der Waals surface area contributed by atoms with E-state index in [2.05, 4.69) is 17.1 Å². The van der Waals surface area contributed by atoms with Crippen LogP contribution in [0.2, 0.25) is 0 Å². The standard InChI is InChI=1S/C16H18N2OS/c1-13-11-20-15(17-13)18(12-19)16(9-5-6-10-16)14-7-3-2-4-8-14/h2-4,7-8,11-12H,5-6,9-10H2,1H3. The smallest absolute Gasteiger partial charge is 0.216 e. The Morgan fingerprint density at radius 3 is 2.50 bits per heavy atom. The number of anilines is 1. The third kappa shape index (κ3) is 2.14. The van der Waals surface area contributed by atoms with Crippen LogP contribution in [0.4, 0.5) is 5.13 Å². The van der Waals surface area contributed by atoms with Crippen LogP contribution in [0.1, 0.15) is 36.9 Å². The van der Waals surface area contributed by atoms with E-state index in [1.54, 1.807) is 11.3 Å². The maximum atomic E-state index is 11.8. The van der Waals surface area contributed by atoms with Crippen molar-refractivity contribution in [2.75, 3.05) is 4.90 Å². The van der Waals surface area contributed by atoms with Crippen LogP contribution in [0, 0.1) is 6.92 Å². The number of aromatic nitrogens is 1. The summed E-state index contributed by atoms with van der Waals surface area (Å²) in [6.07, 6.45) is 5.28. The second-order valence-corrected chi connectivity index (χ2v) is 6.19. The molecule has 0 aliphatic heterocycles. The molecule has 1 heterocycles. The van der Waals surface area contributed by atoms with E-state index in [0.29, 0.717) is 0 Å². The number of nitrogens with zero attached hydrogens (tertiary/aromatic N) is 2. The van der Waals surface area contributed by atoms with Gasteiger partial charge in [0.05, 0.1) is 11.2 Å². The highest BCUT2D eigenvalue weighted by atomic mass is 32.1. The van der Waals surface area contributed by atoms with Gasteiger partial charge in [-0.2, -0.15) is 0 Å². The molecule has 0 radical (unpaired) electrons. The molecule has 1 fully saturated rings. The minimum atomic E-state index is -0.215. The van der Waals surface area contributed by atoms with Crippen molar-refractivity contribution in [3.8, 4) is 0 Å². The quantitative estimate of drug-likeness (QED) is 0.799. The van der Waals surface area contributed by atoms with Crippen LogP contribution < -0.4 is 4.90 Å². The number of aryl methyl sites for hydroxylation is 1. The lowest BCUT2D eigenvalue weighted by Crippen LogP contribution is -2.43. The summed E-state index contributed by atoms with van der Waals surface area (Å²) in [4.78, 5) is 18.1. The number of thiazole rings is 1. The molecular weight excluding hydrogens is 268 g/mol. The van der Waals surface area contributed by atoms with Gasteiger partial charge in [-0.3, -0.25) is 9.69 Å². The highest BCUT2D eigenvalue weighted by Crippen LogP contribution is 2.45. The first-order valence-electron chi connectivity index (χ1n) is 6.98. The van der Waals surface area contributed by atoms with E-state index >= 15 is 0 Å². The zero-order valence-corrected chi connectivity index (χ0v) is 12.4. The lowest BCUT2D eigenvalue weighted by molar-refractivity contribution is -0.108. The molecule has 4 heteroatoms. The maximum Gasteiger partial charge on any atom is 0.216 e. The summed E-state index contributed by atoms with van der Waals surface area (Å²) in [5.74, 6) is 0. The molecule has 1 aromatic heterocycles. The third-order valence-corrected chi connectivity index (χ3v) is 5.08. The molecule has 3 nitrogen and oxygen atoms in total. The van der Waals surface area contributed by atoms with E-state index in [4.69, 9.17) is 0 Å². The van der Waals surface area contributed by atoms with Gasteiger partial charge in [0.1, 0.15) is 0 Å². The van der Waals surface area contributed by atoms with E-state index < -0.39 is 0 Å². The van der Waals surface area contributed by atoms with Crippen LogP contribution >= 0.6 is 11.3 Å². The number of hydrogen-bond donors (Lipinski definition) is 0. The van der Waals surface area contributed by atoms with Crippen LogP contribution in [-0.2, 0) is 10.3 Å². The van der Waals surface area contributed by atoms with Gasteiger partial charge >= 0.3 is 0 Å². The highest BCUT2D eigenvalue weighted by Gasteiger charge is 2.42. The van der Waals surface area contributed by atoms with E-state index in [1.165, 1.54) is 5.56 Å². The highest BCUT2D eigenvalue weighted by molar-refractivity contribution is 7.13. The van der Waals surface area contributed by atoms with Gasteiger partial charge in [-0.25, -0.2) is 4.98 Å². The molecule has 2 aromatic rings. The molecule has 0 N–H and O–H groups in total. The molecule has 104 valence electrons. The average molecular weight is 286 g/mol. The molecular formula is C16H18N2OS. The SMILES string of the molecule is Cc1csc(N(C=O)C2(c3ccccc3)CCCC2)n1. The number of rotatable bonds is 4. The molecule has 1 aliphatic rings. The average Bonchev–Trinajstić information content (AvgIpc) is 3.12. The fourth-order valence-corrected chi connectivity index (χ4v) is 4.01. The van der Waals surface area contributed by atoms with Crippen LogP contribution in [0.25, 0.3) is 0 Å². The second-order valence-electron chi connectivity index (χ2n) is 5.35. The van der Waals surface area contributed by atoms with Crippen molar-refractivity contribution in [2.45, 2.75) is 38.1 Å². The lowest BCUT2D eigenvalue weighted by Gasteiger charge is -2.37. The van der Waals surface area contributed by atoms with Gasteiger partial charge in [-0.05, 0) is 25.3 Å². The third-order valence-electron chi connectivity index (χ3n) is 4.12. The largest absolute Gasteiger partial charge is 0.280 e. The van der Waals surface area contributed by atoms with Crippen molar-refractivity contribution in [1.82, 2.24) is 4.98 Å². The van der Waals surface area contributed by atoms with Crippen molar-refractivity contribution >= 4 is 22.9 Å². The summed E-state index contributed by atoms with van der Waals surface area (Å²) in [5, 5.41) is 2.81. The molecule has 0 atom stereocenters. The Balaban J connectivity index is 2.07. The van der Waals surface area contributed by atoms with Crippen LogP contribution in [0.3, 0.4) is 0 Å². The van der Waals surface area contributed by atoms with Crippen LogP contribution in [0.15, 0.2) is 35.7 Å². The molecule has 1 saturated carbocycles. The minimum absolute atomic E-state index is 0.215. The predicted octanol–water partition coefficient (Wildman–Crippen LogP) is 3.88. The number of carbonyl (C=O) groups is 1. The monoisotopic (exact) mass is 286 g/mol. The number of amides is 1. The molecule has 0 unspecified atom stereocenters. The normalized spacial score (nSPS) is 17.1. The van der Waals surface area contributed by atoms with Crippen LogP contribution in [-0.4, -0.2) is 11.4 Å². The van der Waals surface area contributed by atoms with Gasteiger partial charge in [0, 0.05) is 5.38 Å².